The average Bonchev–Trinajstić information content (AvgIpc) is 3.27. The van der Waals surface area contributed by atoms with E-state index in [0.717, 1.165) is 0 Å². The largest absolute Gasteiger partial charge is 0.351 e. The number of rotatable bonds is 6. The molecular weight excluding hydrogens is 340 g/mol. The first-order valence-corrected chi connectivity index (χ1v) is 8.58. The molecule has 0 aliphatic carbocycles. The fraction of sp³-hybridized carbons (Fsp3) is 0.176. The summed E-state index contributed by atoms with van der Waals surface area (Å²) >= 11 is 1.44. The van der Waals surface area contributed by atoms with Gasteiger partial charge in [-0.15, -0.1) is 0 Å². The summed E-state index contributed by atoms with van der Waals surface area (Å²) in [6.45, 7) is 2.09. The molecule has 0 atom stereocenters. The lowest BCUT2D eigenvalue weighted by Crippen LogP contribution is -2.27. The monoisotopic (exact) mass is 356 g/mol. The van der Waals surface area contributed by atoms with E-state index < -0.39 is 0 Å². The minimum Gasteiger partial charge on any atom is -0.351 e. The van der Waals surface area contributed by atoms with E-state index in [-0.39, 0.29) is 11.8 Å². The highest BCUT2D eigenvalue weighted by Gasteiger charge is 2.14. The predicted molar refractivity (Wildman–Crippen MR) is 93.8 cm³/mol. The number of anilines is 1. The van der Waals surface area contributed by atoms with Crippen molar-refractivity contribution in [1.82, 2.24) is 15.5 Å². The van der Waals surface area contributed by atoms with E-state index in [1.165, 1.54) is 11.3 Å². The quantitative estimate of drug-likeness (QED) is 0.708. The molecule has 7 nitrogen and oxygen atoms in total. The maximum absolute atomic E-state index is 12.4. The van der Waals surface area contributed by atoms with Crippen LogP contribution in [0.25, 0.3) is 0 Å². The highest BCUT2D eigenvalue weighted by Crippen LogP contribution is 2.17. The van der Waals surface area contributed by atoms with Crippen molar-refractivity contribution < 1.29 is 14.1 Å². The summed E-state index contributed by atoms with van der Waals surface area (Å²) in [7, 11) is 0. The standard InChI is InChI=1S/C17H16N4O3S/c1-11-19-15(24-21-11)6-8-18-17(23)13-4-2-3-5-14(13)20-16(22)12-7-9-25-10-12/h2-5,7,9-10H,6,8H2,1H3,(H,18,23)(H,20,22). The number of amides is 2. The van der Waals surface area contributed by atoms with Crippen LogP contribution in [0.3, 0.4) is 0 Å². The lowest BCUT2D eigenvalue weighted by Gasteiger charge is -2.10. The summed E-state index contributed by atoms with van der Waals surface area (Å²) in [5.74, 6) is 0.500. The third kappa shape index (κ3) is 4.30. The smallest absolute Gasteiger partial charge is 0.256 e. The zero-order valence-electron chi connectivity index (χ0n) is 13.5. The molecule has 2 N–H and O–H groups in total. The lowest BCUT2D eigenvalue weighted by atomic mass is 10.1. The minimum absolute atomic E-state index is 0.247. The molecular formula is C17H16N4O3S. The second kappa shape index (κ2) is 7.71. The summed E-state index contributed by atoms with van der Waals surface area (Å²) in [5.41, 5.74) is 1.42. The Bertz CT molecular complexity index is 874. The van der Waals surface area contributed by atoms with Gasteiger partial charge in [0.1, 0.15) is 0 Å². The van der Waals surface area contributed by atoms with Crippen LogP contribution in [0.4, 0.5) is 5.69 Å². The summed E-state index contributed by atoms with van der Waals surface area (Å²) in [6.07, 6.45) is 0.440. The first kappa shape index (κ1) is 16.8. The van der Waals surface area contributed by atoms with Crippen molar-refractivity contribution in [3.63, 3.8) is 0 Å². The summed E-state index contributed by atoms with van der Waals surface area (Å²) < 4.78 is 5.00. The molecule has 128 valence electrons. The number of nitrogens with one attached hydrogen (secondary N) is 2. The summed E-state index contributed by atoms with van der Waals surface area (Å²) in [6, 6.07) is 8.60. The molecule has 0 aliphatic heterocycles. The molecule has 0 bridgehead atoms. The van der Waals surface area contributed by atoms with Gasteiger partial charge in [0.25, 0.3) is 11.8 Å². The molecule has 8 heteroatoms. The van der Waals surface area contributed by atoms with E-state index in [0.29, 0.717) is 41.5 Å². The Balaban J connectivity index is 1.63. The number of nitrogens with zero attached hydrogens (tertiary/aromatic N) is 2. The fourth-order valence-electron chi connectivity index (χ4n) is 2.20. The second-order valence-electron chi connectivity index (χ2n) is 5.25. The third-order valence-corrected chi connectivity index (χ3v) is 4.08. The summed E-state index contributed by atoms with van der Waals surface area (Å²) in [5, 5.41) is 12.8. The maximum Gasteiger partial charge on any atom is 0.256 e. The van der Waals surface area contributed by atoms with E-state index in [4.69, 9.17) is 4.52 Å². The Labute approximate surface area is 148 Å². The van der Waals surface area contributed by atoms with E-state index in [2.05, 4.69) is 20.8 Å². The number of hydrogen-bond donors (Lipinski definition) is 2. The van der Waals surface area contributed by atoms with E-state index in [1.807, 2.05) is 5.38 Å². The molecule has 0 radical (unpaired) electrons. The highest BCUT2D eigenvalue weighted by atomic mass is 32.1. The molecule has 2 aromatic heterocycles. The third-order valence-electron chi connectivity index (χ3n) is 3.40. The fourth-order valence-corrected chi connectivity index (χ4v) is 2.83. The highest BCUT2D eigenvalue weighted by molar-refractivity contribution is 7.08. The van der Waals surface area contributed by atoms with Gasteiger partial charge in [0.2, 0.25) is 5.89 Å². The number of carbonyl (C=O) groups excluding carboxylic acids is 2. The van der Waals surface area contributed by atoms with Crippen LogP contribution in [0.2, 0.25) is 0 Å². The zero-order valence-corrected chi connectivity index (χ0v) is 14.3. The van der Waals surface area contributed by atoms with Gasteiger partial charge in [-0.1, -0.05) is 17.3 Å². The molecule has 2 amide bonds. The van der Waals surface area contributed by atoms with Crippen LogP contribution >= 0.6 is 11.3 Å². The van der Waals surface area contributed by atoms with Gasteiger partial charge in [-0.05, 0) is 30.5 Å². The van der Waals surface area contributed by atoms with Crippen LogP contribution in [0.5, 0.6) is 0 Å². The predicted octanol–water partition coefficient (Wildman–Crippen LogP) is 2.66. The molecule has 2 heterocycles. The van der Waals surface area contributed by atoms with Crippen molar-refractivity contribution in [3.05, 3.63) is 63.9 Å². The van der Waals surface area contributed by atoms with E-state index in [9.17, 15) is 9.59 Å². The number of thiophene rings is 1. The average molecular weight is 356 g/mol. The molecule has 3 rings (SSSR count). The molecule has 25 heavy (non-hydrogen) atoms. The number of aryl methyl sites for hydroxylation is 1. The van der Waals surface area contributed by atoms with Gasteiger partial charge in [-0.25, -0.2) is 0 Å². The van der Waals surface area contributed by atoms with Crippen LogP contribution < -0.4 is 10.6 Å². The van der Waals surface area contributed by atoms with Crippen LogP contribution in [0.15, 0.2) is 45.6 Å². The van der Waals surface area contributed by atoms with Crippen LogP contribution in [-0.2, 0) is 6.42 Å². The molecule has 0 fully saturated rings. The number of para-hydroxylation sites is 1. The number of carbonyl (C=O) groups is 2. The van der Waals surface area contributed by atoms with E-state index in [1.54, 1.807) is 42.6 Å². The molecule has 0 spiro atoms. The van der Waals surface area contributed by atoms with Gasteiger partial charge >= 0.3 is 0 Å². The van der Waals surface area contributed by atoms with Crippen molar-refractivity contribution in [3.8, 4) is 0 Å². The van der Waals surface area contributed by atoms with Crippen molar-refractivity contribution in [2.75, 3.05) is 11.9 Å². The first-order chi connectivity index (χ1) is 12.1. The number of hydrogen-bond acceptors (Lipinski definition) is 6. The van der Waals surface area contributed by atoms with E-state index >= 15 is 0 Å². The Morgan fingerprint density at radius 1 is 1.20 bits per heavy atom. The maximum atomic E-state index is 12.4. The lowest BCUT2D eigenvalue weighted by molar-refractivity contribution is 0.0954. The van der Waals surface area contributed by atoms with Gasteiger partial charge in [0, 0.05) is 18.3 Å². The van der Waals surface area contributed by atoms with Crippen molar-refractivity contribution >= 4 is 28.8 Å². The van der Waals surface area contributed by atoms with Crippen molar-refractivity contribution in [2.45, 2.75) is 13.3 Å². The van der Waals surface area contributed by atoms with Crippen molar-refractivity contribution in [1.29, 1.82) is 0 Å². The van der Waals surface area contributed by atoms with Crippen LogP contribution in [0.1, 0.15) is 32.4 Å². The van der Waals surface area contributed by atoms with Gasteiger partial charge in [0.15, 0.2) is 5.82 Å². The second-order valence-corrected chi connectivity index (χ2v) is 6.03. The summed E-state index contributed by atoms with van der Waals surface area (Å²) in [4.78, 5) is 28.7. The van der Waals surface area contributed by atoms with Crippen molar-refractivity contribution in [2.24, 2.45) is 0 Å². The SMILES string of the molecule is Cc1noc(CCNC(=O)c2ccccc2NC(=O)c2ccsc2)n1. The number of benzene rings is 1. The molecule has 0 saturated carbocycles. The Hall–Kier alpha value is -3.00. The Morgan fingerprint density at radius 2 is 2.04 bits per heavy atom. The van der Waals surface area contributed by atoms with Crippen LogP contribution in [0, 0.1) is 6.92 Å². The topological polar surface area (TPSA) is 97.1 Å². The molecule has 0 aliphatic rings. The molecule has 3 aromatic rings. The van der Waals surface area contributed by atoms with Gasteiger partial charge in [0.05, 0.1) is 16.8 Å². The van der Waals surface area contributed by atoms with Gasteiger partial charge < -0.3 is 15.2 Å². The first-order valence-electron chi connectivity index (χ1n) is 7.63. The normalized spacial score (nSPS) is 10.4. The molecule has 0 unspecified atom stereocenters. The Kier molecular flexibility index (Phi) is 5.20. The Morgan fingerprint density at radius 3 is 2.76 bits per heavy atom. The zero-order chi connectivity index (χ0) is 17.6. The van der Waals surface area contributed by atoms with Gasteiger partial charge in [-0.3, -0.25) is 9.59 Å². The molecule has 1 aromatic carbocycles. The van der Waals surface area contributed by atoms with Crippen LogP contribution in [-0.4, -0.2) is 28.5 Å². The van der Waals surface area contributed by atoms with Gasteiger partial charge in [-0.2, -0.15) is 16.3 Å². The molecule has 0 saturated heterocycles. The number of aromatic nitrogens is 2. The minimum atomic E-state index is -0.280.